The molecule has 1 amide bonds. The van der Waals surface area contributed by atoms with Gasteiger partial charge in [-0.3, -0.25) is 4.79 Å². The zero-order valence-corrected chi connectivity index (χ0v) is 22.9. The summed E-state index contributed by atoms with van der Waals surface area (Å²) < 4.78 is 5.91. The van der Waals surface area contributed by atoms with E-state index in [0.717, 1.165) is 36.1 Å². The van der Waals surface area contributed by atoms with Gasteiger partial charge in [-0.2, -0.15) is 0 Å². The number of ether oxygens (including phenoxy) is 1. The van der Waals surface area contributed by atoms with Crippen molar-refractivity contribution >= 4 is 56.0 Å². The third-order valence-corrected chi connectivity index (χ3v) is 8.15. The molecule has 3 aromatic rings. The molecule has 4 rings (SSSR count). The number of hydrogen-bond donors (Lipinski definition) is 2. The maximum absolute atomic E-state index is 13.4. The van der Waals surface area contributed by atoms with Gasteiger partial charge in [0.15, 0.2) is 6.61 Å². The summed E-state index contributed by atoms with van der Waals surface area (Å²) in [4.78, 5) is 30.2. The van der Waals surface area contributed by atoms with Crippen molar-refractivity contribution < 1.29 is 19.4 Å². The zero-order valence-electron chi connectivity index (χ0n) is 20.5. The summed E-state index contributed by atoms with van der Waals surface area (Å²) in [6, 6.07) is 14.8. The molecule has 36 heavy (non-hydrogen) atoms. The van der Waals surface area contributed by atoms with Crippen molar-refractivity contribution in [1.82, 2.24) is 0 Å². The summed E-state index contributed by atoms with van der Waals surface area (Å²) in [5, 5.41) is 12.6. The molecule has 188 valence electrons. The van der Waals surface area contributed by atoms with Crippen LogP contribution < -0.4 is 10.1 Å². The van der Waals surface area contributed by atoms with Gasteiger partial charge < -0.3 is 15.2 Å². The Kier molecular flexibility index (Phi) is 7.95. The van der Waals surface area contributed by atoms with E-state index < -0.39 is 12.6 Å². The van der Waals surface area contributed by atoms with E-state index in [4.69, 9.17) is 14.8 Å². The van der Waals surface area contributed by atoms with Gasteiger partial charge in [0.2, 0.25) is 0 Å². The maximum atomic E-state index is 13.4. The van der Waals surface area contributed by atoms with Crippen LogP contribution >= 0.6 is 27.3 Å². The molecule has 1 aliphatic carbocycles. The summed E-state index contributed by atoms with van der Waals surface area (Å²) in [5.74, 6) is -0.181. The number of carbonyl (C=O) groups is 2. The Morgan fingerprint density at radius 1 is 1.22 bits per heavy atom. The number of hydrogen-bond acceptors (Lipinski definition) is 5. The van der Waals surface area contributed by atoms with Crippen LogP contribution in [0.5, 0.6) is 5.75 Å². The number of benzene rings is 2. The lowest BCUT2D eigenvalue weighted by Gasteiger charge is -2.33. The van der Waals surface area contributed by atoms with Crippen LogP contribution in [-0.4, -0.2) is 29.8 Å². The number of amides is 1. The Morgan fingerprint density at radius 3 is 2.64 bits per heavy atom. The normalized spacial score (nSPS) is 15.5. The second kappa shape index (κ2) is 11.0. The lowest BCUT2D eigenvalue weighted by atomic mass is 9.72. The molecule has 1 heterocycles. The number of carboxylic acid groups (broad SMARTS) is 1. The SMILES string of the molecule is CC(C)(C)[C@@H]1CCc2c(sc(N=Cc3ccc(OCC(=O)O)c(Br)c3)c2C(=O)Nc2ccccc2)C1. The van der Waals surface area contributed by atoms with Gasteiger partial charge in [0.25, 0.3) is 5.91 Å². The highest BCUT2D eigenvalue weighted by Crippen LogP contribution is 2.45. The molecule has 0 saturated carbocycles. The van der Waals surface area contributed by atoms with E-state index in [-0.39, 0.29) is 11.3 Å². The fraction of sp³-hybridized carbons (Fsp3) is 0.321. The van der Waals surface area contributed by atoms with Crippen molar-refractivity contribution in [3.8, 4) is 5.75 Å². The number of rotatable bonds is 7. The minimum atomic E-state index is -1.04. The largest absolute Gasteiger partial charge is 0.481 e. The molecule has 0 radical (unpaired) electrons. The summed E-state index contributed by atoms with van der Waals surface area (Å²) >= 11 is 5.03. The van der Waals surface area contributed by atoms with Gasteiger partial charge in [0, 0.05) is 16.8 Å². The molecule has 0 saturated heterocycles. The molecule has 0 bridgehead atoms. The number of carboxylic acids is 1. The number of aliphatic imine (C=N–C) groups is 1. The Balaban J connectivity index is 1.64. The van der Waals surface area contributed by atoms with Crippen LogP contribution in [0.1, 0.15) is 53.6 Å². The number of anilines is 1. The predicted molar refractivity (Wildman–Crippen MR) is 148 cm³/mol. The second-order valence-corrected chi connectivity index (χ2v) is 11.9. The van der Waals surface area contributed by atoms with Gasteiger partial charge in [0.05, 0.1) is 10.0 Å². The first-order valence-electron chi connectivity index (χ1n) is 11.8. The van der Waals surface area contributed by atoms with Gasteiger partial charge in [0.1, 0.15) is 10.8 Å². The Morgan fingerprint density at radius 2 is 1.97 bits per heavy atom. The van der Waals surface area contributed by atoms with Gasteiger partial charge in [-0.25, -0.2) is 9.79 Å². The molecule has 0 fully saturated rings. The maximum Gasteiger partial charge on any atom is 0.341 e. The van der Waals surface area contributed by atoms with Crippen LogP contribution in [0.3, 0.4) is 0 Å². The fourth-order valence-electron chi connectivity index (χ4n) is 4.34. The first-order chi connectivity index (χ1) is 17.1. The van der Waals surface area contributed by atoms with E-state index in [1.807, 2.05) is 36.4 Å². The van der Waals surface area contributed by atoms with Crippen LogP contribution in [0.2, 0.25) is 0 Å². The average Bonchev–Trinajstić information content (AvgIpc) is 3.20. The molecular formula is C28H29BrN2O4S. The zero-order chi connectivity index (χ0) is 25.9. The van der Waals surface area contributed by atoms with Crippen LogP contribution in [0.15, 0.2) is 58.0 Å². The Labute approximate surface area is 223 Å². The van der Waals surface area contributed by atoms with E-state index in [0.29, 0.717) is 26.7 Å². The second-order valence-electron chi connectivity index (χ2n) is 9.94. The van der Waals surface area contributed by atoms with E-state index in [2.05, 4.69) is 42.0 Å². The molecular weight excluding hydrogens is 540 g/mol. The lowest BCUT2D eigenvalue weighted by molar-refractivity contribution is -0.139. The number of fused-ring (bicyclic) bond motifs is 1. The number of thiophene rings is 1. The van der Waals surface area contributed by atoms with Gasteiger partial charge in [-0.05, 0) is 88.0 Å². The summed E-state index contributed by atoms with van der Waals surface area (Å²) in [5.41, 5.74) is 3.52. The fourth-order valence-corrected chi connectivity index (χ4v) is 6.12. The van der Waals surface area contributed by atoms with E-state index in [1.54, 1.807) is 29.7 Å². The number of carbonyl (C=O) groups excluding carboxylic acids is 1. The molecule has 8 heteroatoms. The summed E-state index contributed by atoms with van der Waals surface area (Å²) in [6.45, 7) is 6.42. The molecule has 0 spiro atoms. The smallest absolute Gasteiger partial charge is 0.341 e. The molecule has 1 aromatic heterocycles. The van der Waals surface area contributed by atoms with Crippen molar-refractivity contribution in [3.63, 3.8) is 0 Å². The summed E-state index contributed by atoms with van der Waals surface area (Å²) in [7, 11) is 0. The van der Waals surface area contributed by atoms with E-state index in [1.165, 1.54) is 4.88 Å². The van der Waals surface area contributed by atoms with Crippen molar-refractivity contribution in [2.75, 3.05) is 11.9 Å². The number of nitrogens with one attached hydrogen (secondary N) is 1. The minimum Gasteiger partial charge on any atom is -0.481 e. The third-order valence-electron chi connectivity index (χ3n) is 6.37. The van der Waals surface area contributed by atoms with Gasteiger partial charge >= 0.3 is 5.97 Å². The molecule has 1 atom stereocenters. The first kappa shape index (κ1) is 26.1. The van der Waals surface area contributed by atoms with Crippen molar-refractivity contribution in [2.45, 2.75) is 40.0 Å². The van der Waals surface area contributed by atoms with E-state index in [9.17, 15) is 9.59 Å². The minimum absolute atomic E-state index is 0.140. The quantitative estimate of drug-likeness (QED) is 0.297. The standard InChI is InChI=1S/C28H29BrN2O4S/c1-28(2,3)18-10-11-20-23(14-18)36-27(25(20)26(34)31-19-7-5-4-6-8-19)30-15-17-9-12-22(21(29)13-17)35-16-24(32)33/h4-9,12-13,15,18H,10-11,14,16H2,1-3H3,(H,31,34)(H,32,33)/t18-/m1/s1. The highest BCUT2D eigenvalue weighted by Gasteiger charge is 2.33. The van der Waals surface area contributed by atoms with Crippen molar-refractivity contribution in [3.05, 3.63) is 74.6 Å². The predicted octanol–water partition coefficient (Wildman–Crippen LogP) is 7.13. The number of aliphatic carboxylic acids is 1. The molecule has 0 unspecified atom stereocenters. The van der Waals surface area contributed by atoms with Gasteiger partial charge in [-0.1, -0.05) is 39.0 Å². The lowest BCUT2D eigenvalue weighted by Crippen LogP contribution is -2.27. The monoisotopic (exact) mass is 568 g/mol. The summed E-state index contributed by atoms with van der Waals surface area (Å²) in [6.07, 6.45) is 4.59. The van der Waals surface area contributed by atoms with Crippen LogP contribution in [-0.2, 0) is 17.6 Å². The first-order valence-corrected chi connectivity index (χ1v) is 13.4. The molecule has 2 N–H and O–H groups in total. The highest BCUT2D eigenvalue weighted by molar-refractivity contribution is 9.10. The molecule has 2 aromatic carbocycles. The van der Waals surface area contributed by atoms with E-state index >= 15 is 0 Å². The highest BCUT2D eigenvalue weighted by atomic mass is 79.9. The Hall–Kier alpha value is -2.97. The number of nitrogens with zero attached hydrogens (tertiary/aromatic N) is 1. The van der Waals surface area contributed by atoms with Crippen LogP contribution in [0.25, 0.3) is 0 Å². The van der Waals surface area contributed by atoms with Gasteiger partial charge in [-0.15, -0.1) is 11.3 Å². The topological polar surface area (TPSA) is 88.0 Å². The Bertz CT molecular complexity index is 1290. The molecule has 0 aliphatic heterocycles. The molecule has 1 aliphatic rings. The van der Waals surface area contributed by atoms with Crippen molar-refractivity contribution in [1.29, 1.82) is 0 Å². The molecule has 6 nitrogen and oxygen atoms in total. The number of para-hydroxylation sites is 1. The average molecular weight is 570 g/mol. The number of halogens is 1. The van der Waals surface area contributed by atoms with Crippen molar-refractivity contribution in [2.24, 2.45) is 16.3 Å². The van der Waals surface area contributed by atoms with Crippen LogP contribution in [0, 0.1) is 11.3 Å². The third kappa shape index (κ3) is 6.23. The van der Waals surface area contributed by atoms with Crippen LogP contribution in [0.4, 0.5) is 10.7 Å².